The van der Waals surface area contributed by atoms with Crippen molar-refractivity contribution < 1.29 is 14.4 Å². The molecule has 4 rings (SSSR count). The van der Waals surface area contributed by atoms with E-state index in [4.69, 9.17) is 0 Å². The second kappa shape index (κ2) is 7.67. The number of piperazine rings is 1. The van der Waals surface area contributed by atoms with Crippen LogP contribution >= 0.6 is 11.3 Å². The van der Waals surface area contributed by atoms with Crippen molar-refractivity contribution >= 4 is 29.1 Å². The van der Waals surface area contributed by atoms with Gasteiger partial charge >= 0.3 is 0 Å². The number of fused-ring (bicyclic) bond motifs is 1. The summed E-state index contributed by atoms with van der Waals surface area (Å²) < 4.78 is 0. The van der Waals surface area contributed by atoms with Crippen molar-refractivity contribution in [2.75, 3.05) is 32.8 Å². The van der Waals surface area contributed by atoms with Crippen molar-refractivity contribution in [3.05, 3.63) is 16.1 Å². The number of thiazole rings is 1. The number of hydrogen-bond acceptors (Lipinski definition) is 6. The lowest BCUT2D eigenvalue weighted by molar-refractivity contribution is -0.144. The molecule has 27 heavy (non-hydrogen) atoms. The second-order valence-corrected chi connectivity index (χ2v) is 8.74. The summed E-state index contributed by atoms with van der Waals surface area (Å²) >= 11 is 1.52. The number of carbonyl (C=O) groups is 3. The van der Waals surface area contributed by atoms with Gasteiger partial charge in [0.15, 0.2) is 0 Å². The average molecular weight is 391 g/mol. The predicted octanol–water partition coefficient (Wildman–Crippen LogP) is 1.27. The first-order valence-corrected chi connectivity index (χ1v) is 10.7. The van der Waals surface area contributed by atoms with E-state index in [1.807, 2.05) is 17.2 Å². The molecule has 0 aromatic carbocycles. The molecule has 2 atom stereocenters. The first-order chi connectivity index (χ1) is 13.0. The predicted molar refractivity (Wildman–Crippen MR) is 101 cm³/mol. The zero-order valence-corrected chi connectivity index (χ0v) is 16.5. The standard InChI is InChI=1S/C19H26N4O3S/c1-13-11-27-16(20-13)10-17(24)22-8-6-21(7-9-22)12-23-18(25)14-4-2-3-5-15(14)19(23)26/h11,14-15H,2-10,12H2,1H3/t14-,15-/m0/s1. The summed E-state index contributed by atoms with van der Waals surface area (Å²) in [4.78, 5) is 47.5. The maximum absolute atomic E-state index is 12.6. The lowest BCUT2D eigenvalue weighted by Crippen LogP contribution is -2.52. The minimum Gasteiger partial charge on any atom is -0.340 e. The number of nitrogens with zero attached hydrogens (tertiary/aromatic N) is 4. The van der Waals surface area contributed by atoms with Crippen LogP contribution < -0.4 is 0 Å². The number of imide groups is 1. The van der Waals surface area contributed by atoms with Crippen LogP contribution in [0.1, 0.15) is 36.4 Å². The quantitative estimate of drug-likeness (QED) is 0.724. The van der Waals surface area contributed by atoms with Crippen molar-refractivity contribution in [1.82, 2.24) is 19.7 Å². The molecular formula is C19H26N4O3S. The van der Waals surface area contributed by atoms with Crippen LogP contribution in [0.4, 0.5) is 0 Å². The van der Waals surface area contributed by atoms with Gasteiger partial charge in [0.1, 0.15) is 5.01 Å². The highest BCUT2D eigenvalue weighted by molar-refractivity contribution is 7.09. The highest BCUT2D eigenvalue weighted by Gasteiger charge is 2.48. The van der Waals surface area contributed by atoms with Gasteiger partial charge in [-0.15, -0.1) is 11.3 Å². The molecule has 1 saturated carbocycles. The molecule has 1 aromatic rings. The number of carbonyl (C=O) groups excluding carboxylic acids is 3. The van der Waals surface area contributed by atoms with Gasteiger partial charge in [0.25, 0.3) is 0 Å². The fourth-order valence-electron chi connectivity index (χ4n) is 4.43. The van der Waals surface area contributed by atoms with Gasteiger partial charge < -0.3 is 4.90 Å². The van der Waals surface area contributed by atoms with Crippen molar-refractivity contribution in [2.45, 2.75) is 39.0 Å². The average Bonchev–Trinajstić information content (AvgIpc) is 3.19. The SMILES string of the molecule is Cc1csc(CC(=O)N2CCN(CN3C(=O)[C@H]4CCCC[C@@H]4C3=O)CC2)n1. The van der Waals surface area contributed by atoms with Crippen LogP contribution in [0.5, 0.6) is 0 Å². The molecular weight excluding hydrogens is 364 g/mol. The largest absolute Gasteiger partial charge is 0.340 e. The maximum atomic E-state index is 12.6. The van der Waals surface area contributed by atoms with Crippen LogP contribution in [0.3, 0.4) is 0 Å². The molecule has 8 heteroatoms. The van der Waals surface area contributed by atoms with E-state index in [1.165, 1.54) is 16.2 Å². The normalized spacial score (nSPS) is 26.6. The van der Waals surface area contributed by atoms with E-state index < -0.39 is 0 Å². The fraction of sp³-hybridized carbons (Fsp3) is 0.684. The van der Waals surface area contributed by atoms with Crippen molar-refractivity contribution in [3.8, 4) is 0 Å². The molecule has 0 radical (unpaired) electrons. The summed E-state index contributed by atoms with van der Waals surface area (Å²) in [5.41, 5.74) is 0.952. The zero-order valence-electron chi connectivity index (χ0n) is 15.7. The van der Waals surface area contributed by atoms with Crippen LogP contribution in [-0.4, -0.2) is 70.3 Å². The third kappa shape index (κ3) is 3.78. The molecule has 146 valence electrons. The summed E-state index contributed by atoms with van der Waals surface area (Å²) in [6.45, 7) is 4.95. The summed E-state index contributed by atoms with van der Waals surface area (Å²) in [6.07, 6.45) is 4.15. The van der Waals surface area contributed by atoms with Gasteiger partial charge in [-0.2, -0.15) is 0 Å². The molecule has 2 saturated heterocycles. The molecule has 1 aromatic heterocycles. The summed E-state index contributed by atoms with van der Waals surface area (Å²) in [5, 5.41) is 2.82. The van der Waals surface area contributed by atoms with Crippen LogP contribution in [0.15, 0.2) is 5.38 Å². The molecule has 3 aliphatic rings. The van der Waals surface area contributed by atoms with Crippen molar-refractivity contribution in [3.63, 3.8) is 0 Å². The molecule has 3 heterocycles. The van der Waals surface area contributed by atoms with Crippen LogP contribution in [0, 0.1) is 18.8 Å². The smallest absolute Gasteiger partial charge is 0.234 e. The van der Waals surface area contributed by atoms with Crippen LogP contribution in [0.25, 0.3) is 0 Å². The molecule has 3 fully saturated rings. The first kappa shape index (κ1) is 18.6. The van der Waals surface area contributed by atoms with E-state index in [9.17, 15) is 14.4 Å². The Labute approximate surface area is 163 Å². The summed E-state index contributed by atoms with van der Waals surface area (Å²) in [5.74, 6) is -0.0419. The second-order valence-electron chi connectivity index (χ2n) is 7.80. The van der Waals surface area contributed by atoms with Gasteiger partial charge in [-0.1, -0.05) is 12.8 Å². The van der Waals surface area contributed by atoms with Crippen LogP contribution in [-0.2, 0) is 20.8 Å². The third-order valence-corrected chi connectivity index (χ3v) is 6.93. The van der Waals surface area contributed by atoms with Crippen molar-refractivity contribution in [1.29, 1.82) is 0 Å². The zero-order chi connectivity index (χ0) is 19.0. The van der Waals surface area contributed by atoms with Gasteiger partial charge in [0.05, 0.1) is 24.9 Å². The minimum atomic E-state index is -0.0872. The molecule has 0 unspecified atom stereocenters. The fourth-order valence-corrected chi connectivity index (χ4v) is 5.20. The molecule has 0 bridgehead atoms. The highest BCUT2D eigenvalue weighted by Crippen LogP contribution is 2.38. The van der Waals surface area contributed by atoms with E-state index in [0.29, 0.717) is 39.3 Å². The number of aromatic nitrogens is 1. The minimum absolute atomic E-state index is 0.0161. The first-order valence-electron chi connectivity index (χ1n) is 9.79. The van der Waals surface area contributed by atoms with Gasteiger partial charge in [-0.25, -0.2) is 4.98 Å². The van der Waals surface area contributed by atoms with E-state index in [0.717, 1.165) is 36.4 Å². The molecule has 2 aliphatic heterocycles. The molecule has 3 amide bonds. The number of aryl methyl sites for hydroxylation is 1. The Morgan fingerprint density at radius 2 is 1.74 bits per heavy atom. The Bertz CT molecular complexity index is 717. The van der Waals surface area contributed by atoms with Gasteiger partial charge in [0, 0.05) is 37.3 Å². The Morgan fingerprint density at radius 1 is 1.11 bits per heavy atom. The Morgan fingerprint density at radius 3 is 2.30 bits per heavy atom. The lowest BCUT2D eigenvalue weighted by Gasteiger charge is -2.36. The number of rotatable bonds is 4. The number of likely N-dealkylation sites (tertiary alicyclic amines) is 1. The highest BCUT2D eigenvalue weighted by atomic mass is 32.1. The topological polar surface area (TPSA) is 73.8 Å². The van der Waals surface area contributed by atoms with E-state index in [1.54, 1.807) is 0 Å². The van der Waals surface area contributed by atoms with E-state index in [-0.39, 0.29) is 29.6 Å². The van der Waals surface area contributed by atoms with Gasteiger partial charge in [-0.3, -0.25) is 24.2 Å². The summed E-state index contributed by atoms with van der Waals surface area (Å²) in [6, 6.07) is 0. The van der Waals surface area contributed by atoms with Crippen molar-refractivity contribution in [2.24, 2.45) is 11.8 Å². The molecule has 1 aliphatic carbocycles. The van der Waals surface area contributed by atoms with Crippen LogP contribution in [0.2, 0.25) is 0 Å². The molecule has 0 N–H and O–H groups in total. The lowest BCUT2D eigenvalue weighted by atomic mass is 9.81. The van der Waals surface area contributed by atoms with Gasteiger partial charge in [-0.05, 0) is 19.8 Å². The summed E-state index contributed by atoms with van der Waals surface area (Å²) in [7, 11) is 0. The number of amides is 3. The molecule has 0 spiro atoms. The Kier molecular flexibility index (Phi) is 5.27. The Balaban J connectivity index is 1.29. The Hall–Kier alpha value is -1.80. The monoisotopic (exact) mass is 390 g/mol. The third-order valence-electron chi connectivity index (χ3n) is 5.97. The van der Waals surface area contributed by atoms with E-state index in [2.05, 4.69) is 9.88 Å². The molecule has 7 nitrogen and oxygen atoms in total. The van der Waals surface area contributed by atoms with Gasteiger partial charge in [0.2, 0.25) is 17.7 Å². The maximum Gasteiger partial charge on any atom is 0.234 e. The van der Waals surface area contributed by atoms with E-state index >= 15 is 0 Å². The number of hydrogen-bond donors (Lipinski definition) is 0.